The standard InChI is InChI=1S/C11H19I/c1-4-5-7-11(10(2)3)8-6-9-12/h6,9H,4-5,7-8H2,1-3H3. The average molecular weight is 278 g/mol. The van der Waals surface area contributed by atoms with Gasteiger partial charge in [-0.2, -0.15) is 0 Å². The van der Waals surface area contributed by atoms with E-state index in [0.717, 1.165) is 6.42 Å². The van der Waals surface area contributed by atoms with Crippen molar-refractivity contribution in [3.8, 4) is 0 Å². The first-order chi connectivity index (χ1) is 5.72. The molecule has 0 aromatic rings. The molecule has 0 aromatic carbocycles. The maximum atomic E-state index is 2.28. The first-order valence-electron chi connectivity index (χ1n) is 4.62. The van der Waals surface area contributed by atoms with Gasteiger partial charge in [-0.15, -0.1) is 0 Å². The summed E-state index contributed by atoms with van der Waals surface area (Å²) in [7, 11) is 0. The highest BCUT2D eigenvalue weighted by Crippen LogP contribution is 2.16. The summed E-state index contributed by atoms with van der Waals surface area (Å²) in [6.45, 7) is 6.68. The van der Waals surface area contributed by atoms with E-state index < -0.39 is 0 Å². The molecule has 0 bridgehead atoms. The van der Waals surface area contributed by atoms with Crippen molar-refractivity contribution >= 4 is 22.6 Å². The van der Waals surface area contributed by atoms with Crippen LogP contribution < -0.4 is 0 Å². The maximum Gasteiger partial charge on any atom is -0.0129 e. The molecule has 0 atom stereocenters. The van der Waals surface area contributed by atoms with Gasteiger partial charge in [0.25, 0.3) is 0 Å². The third kappa shape index (κ3) is 5.81. The van der Waals surface area contributed by atoms with E-state index in [9.17, 15) is 0 Å². The van der Waals surface area contributed by atoms with Crippen molar-refractivity contribution < 1.29 is 0 Å². The zero-order valence-corrected chi connectivity index (χ0v) is 10.5. The molecule has 0 radical (unpaired) electrons. The largest absolute Gasteiger partial charge is 0.0769 e. The minimum absolute atomic E-state index is 1.14. The van der Waals surface area contributed by atoms with Crippen LogP contribution in [0.2, 0.25) is 0 Å². The molecule has 0 saturated heterocycles. The predicted molar refractivity (Wildman–Crippen MR) is 65.7 cm³/mol. The Morgan fingerprint density at radius 2 is 2.00 bits per heavy atom. The normalized spacial score (nSPS) is 10.7. The molecule has 0 fully saturated rings. The Morgan fingerprint density at radius 1 is 1.33 bits per heavy atom. The lowest BCUT2D eigenvalue weighted by molar-refractivity contribution is 0.768. The van der Waals surface area contributed by atoms with Crippen molar-refractivity contribution in [2.75, 3.05) is 0 Å². The molecule has 12 heavy (non-hydrogen) atoms. The highest BCUT2D eigenvalue weighted by atomic mass is 127. The monoisotopic (exact) mass is 278 g/mol. The number of rotatable bonds is 5. The fourth-order valence-corrected chi connectivity index (χ4v) is 1.39. The summed E-state index contributed by atoms with van der Waals surface area (Å²) >= 11 is 2.28. The van der Waals surface area contributed by atoms with Crippen molar-refractivity contribution in [3.05, 3.63) is 21.3 Å². The number of hydrogen-bond acceptors (Lipinski definition) is 0. The summed E-state index contributed by atoms with van der Waals surface area (Å²) in [5.74, 6) is 0. The topological polar surface area (TPSA) is 0 Å². The molecule has 0 aliphatic rings. The maximum absolute atomic E-state index is 2.28. The minimum Gasteiger partial charge on any atom is -0.0769 e. The number of allylic oxidation sites excluding steroid dienone is 3. The Kier molecular flexibility index (Phi) is 7.98. The third-order valence-corrected chi connectivity index (χ3v) is 2.50. The van der Waals surface area contributed by atoms with Gasteiger partial charge in [0.05, 0.1) is 0 Å². The third-order valence-electron chi connectivity index (χ3n) is 1.99. The zero-order chi connectivity index (χ0) is 9.40. The van der Waals surface area contributed by atoms with Crippen LogP contribution in [-0.2, 0) is 0 Å². The van der Waals surface area contributed by atoms with Crippen LogP contribution in [0.3, 0.4) is 0 Å². The summed E-state index contributed by atoms with van der Waals surface area (Å²) in [6, 6.07) is 0. The van der Waals surface area contributed by atoms with Crippen LogP contribution in [0.15, 0.2) is 21.3 Å². The molecular formula is C11H19I. The van der Waals surface area contributed by atoms with Gasteiger partial charge in [0, 0.05) is 0 Å². The average Bonchev–Trinajstić information content (AvgIpc) is 2.04. The summed E-state index contributed by atoms with van der Waals surface area (Å²) in [6.07, 6.45) is 7.28. The van der Waals surface area contributed by atoms with Gasteiger partial charge >= 0.3 is 0 Å². The van der Waals surface area contributed by atoms with Gasteiger partial charge in [0.15, 0.2) is 0 Å². The Labute approximate surface area is 90.3 Å². The second-order valence-corrected chi connectivity index (χ2v) is 3.99. The van der Waals surface area contributed by atoms with E-state index in [2.05, 4.69) is 53.5 Å². The molecule has 0 aliphatic heterocycles. The van der Waals surface area contributed by atoms with Crippen molar-refractivity contribution in [1.29, 1.82) is 0 Å². The number of unbranched alkanes of at least 4 members (excludes halogenated alkanes) is 1. The van der Waals surface area contributed by atoms with E-state index in [1.165, 1.54) is 24.8 Å². The molecule has 1 heteroatoms. The second kappa shape index (κ2) is 7.84. The SMILES string of the molecule is CCCCC(CC=CI)=C(C)C. The lowest BCUT2D eigenvalue weighted by atomic mass is 10.0. The molecule has 70 valence electrons. The second-order valence-electron chi connectivity index (χ2n) is 3.27. The zero-order valence-electron chi connectivity index (χ0n) is 8.36. The Hall–Kier alpha value is 0.210. The molecule has 0 spiro atoms. The molecule has 0 N–H and O–H groups in total. The predicted octanol–water partition coefficient (Wildman–Crippen LogP) is 4.85. The van der Waals surface area contributed by atoms with Crippen LogP contribution in [-0.4, -0.2) is 0 Å². The summed E-state index contributed by atoms with van der Waals surface area (Å²) in [5, 5.41) is 0. The van der Waals surface area contributed by atoms with Crippen molar-refractivity contribution in [2.45, 2.75) is 46.5 Å². The smallest absolute Gasteiger partial charge is 0.0129 e. The van der Waals surface area contributed by atoms with E-state index in [1.807, 2.05) is 0 Å². The molecule has 0 aliphatic carbocycles. The molecule has 0 saturated carbocycles. The Bertz CT molecular complexity index is 162. The van der Waals surface area contributed by atoms with Gasteiger partial charge in [-0.05, 0) is 37.2 Å². The van der Waals surface area contributed by atoms with E-state index >= 15 is 0 Å². The number of halogens is 1. The molecule has 0 amide bonds. The molecular weight excluding hydrogens is 259 g/mol. The Balaban J connectivity index is 3.97. The van der Waals surface area contributed by atoms with Crippen molar-refractivity contribution in [3.63, 3.8) is 0 Å². The van der Waals surface area contributed by atoms with E-state index in [-0.39, 0.29) is 0 Å². The van der Waals surface area contributed by atoms with Gasteiger partial charge in [-0.3, -0.25) is 0 Å². The fraction of sp³-hybridized carbons (Fsp3) is 0.636. The first kappa shape index (κ1) is 12.2. The van der Waals surface area contributed by atoms with Crippen molar-refractivity contribution in [2.24, 2.45) is 0 Å². The summed E-state index contributed by atoms with van der Waals surface area (Å²) < 4.78 is 2.10. The van der Waals surface area contributed by atoms with Gasteiger partial charge < -0.3 is 0 Å². The highest BCUT2D eigenvalue weighted by molar-refractivity contribution is 14.1. The van der Waals surface area contributed by atoms with Gasteiger partial charge in [-0.1, -0.05) is 53.2 Å². The van der Waals surface area contributed by atoms with Gasteiger partial charge in [0.2, 0.25) is 0 Å². The van der Waals surface area contributed by atoms with Crippen LogP contribution in [0, 0.1) is 0 Å². The number of hydrogen-bond donors (Lipinski definition) is 0. The molecule has 0 unspecified atom stereocenters. The van der Waals surface area contributed by atoms with Crippen LogP contribution in [0.1, 0.15) is 46.5 Å². The van der Waals surface area contributed by atoms with Crippen molar-refractivity contribution in [1.82, 2.24) is 0 Å². The summed E-state index contributed by atoms with van der Waals surface area (Å²) in [4.78, 5) is 0. The van der Waals surface area contributed by atoms with Crippen LogP contribution >= 0.6 is 22.6 Å². The molecule has 0 rings (SSSR count). The quantitative estimate of drug-likeness (QED) is 0.498. The van der Waals surface area contributed by atoms with E-state index in [0.29, 0.717) is 0 Å². The first-order valence-corrected chi connectivity index (χ1v) is 5.87. The lowest BCUT2D eigenvalue weighted by Gasteiger charge is -2.05. The molecule has 0 nitrogen and oxygen atoms in total. The van der Waals surface area contributed by atoms with E-state index in [4.69, 9.17) is 0 Å². The molecule has 0 heterocycles. The molecule has 0 aromatic heterocycles. The van der Waals surface area contributed by atoms with E-state index in [1.54, 1.807) is 5.57 Å². The van der Waals surface area contributed by atoms with Crippen LogP contribution in [0.4, 0.5) is 0 Å². The van der Waals surface area contributed by atoms with Crippen LogP contribution in [0.25, 0.3) is 0 Å². The highest BCUT2D eigenvalue weighted by Gasteiger charge is 1.96. The fourth-order valence-electron chi connectivity index (χ4n) is 1.13. The van der Waals surface area contributed by atoms with Gasteiger partial charge in [-0.25, -0.2) is 0 Å². The lowest BCUT2D eigenvalue weighted by Crippen LogP contribution is -1.85. The minimum atomic E-state index is 1.14. The van der Waals surface area contributed by atoms with Gasteiger partial charge in [0.1, 0.15) is 0 Å². The summed E-state index contributed by atoms with van der Waals surface area (Å²) in [5.41, 5.74) is 3.11. The Morgan fingerprint density at radius 3 is 2.42 bits per heavy atom. The van der Waals surface area contributed by atoms with Crippen LogP contribution in [0.5, 0.6) is 0 Å².